The largest absolute Gasteiger partial charge is 0.478 e. The third kappa shape index (κ3) is 3.10. The number of aromatic nitrogens is 3. The van der Waals surface area contributed by atoms with Crippen LogP contribution >= 0.6 is 0 Å². The van der Waals surface area contributed by atoms with Gasteiger partial charge in [0, 0.05) is 31.2 Å². The molecule has 25 heavy (non-hydrogen) atoms. The summed E-state index contributed by atoms with van der Waals surface area (Å²) in [6.07, 6.45) is 3.43. The smallest absolute Gasteiger partial charge is 0.339 e. The number of rotatable bonds is 3. The van der Waals surface area contributed by atoms with E-state index < -0.39 is 5.97 Å². The lowest BCUT2D eigenvalue weighted by molar-refractivity contribution is -0.00461. The van der Waals surface area contributed by atoms with E-state index in [1.54, 1.807) is 18.3 Å². The second-order valence-electron chi connectivity index (χ2n) is 6.42. The molecule has 2 aliphatic heterocycles. The molecule has 2 aromatic heterocycles. The lowest BCUT2D eigenvalue weighted by Crippen LogP contribution is -2.27. The van der Waals surface area contributed by atoms with Crippen molar-refractivity contribution < 1.29 is 19.4 Å². The van der Waals surface area contributed by atoms with Gasteiger partial charge in [0.25, 0.3) is 0 Å². The molecule has 0 aliphatic carbocycles. The number of aryl methyl sites for hydroxylation is 1. The van der Waals surface area contributed by atoms with Crippen molar-refractivity contribution in [2.24, 2.45) is 0 Å². The Morgan fingerprint density at radius 1 is 1.24 bits per heavy atom. The zero-order valence-electron chi connectivity index (χ0n) is 13.9. The average Bonchev–Trinajstić information content (AvgIpc) is 3.22. The zero-order chi connectivity index (χ0) is 17.4. The Bertz CT molecular complexity index is 748. The van der Waals surface area contributed by atoms with Crippen LogP contribution in [0.5, 0.6) is 0 Å². The highest BCUT2D eigenvalue weighted by Gasteiger charge is 2.39. The fraction of sp³-hybridized carbons (Fsp3) is 0.471. The maximum absolute atomic E-state index is 11.5. The molecule has 8 nitrogen and oxygen atoms in total. The van der Waals surface area contributed by atoms with Crippen LogP contribution in [0.15, 0.2) is 30.6 Å². The summed E-state index contributed by atoms with van der Waals surface area (Å²) in [5.74, 6) is -0.494. The number of pyridine rings is 1. The molecule has 8 heteroatoms. The Hall–Kier alpha value is -2.45. The number of carboxylic acid groups (broad SMARTS) is 1. The maximum atomic E-state index is 11.5. The van der Waals surface area contributed by atoms with E-state index in [0.29, 0.717) is 32.1 Å². The standard InChI is InChI=1S/C17H20N4O4/c1-11-3-4-13(17(22)23)16(19-11)20-7-14-15(8-20)25-10-12(9-24-14)21-6-2-5-18-21/h2-6,12,14-15H,7-10H2,1H3,(H,22,23)/t14-,15-/m0/s1. The van der Waals surface area contributed by atoms with Crippen molar-refractivity contribution >= 4 is 11.8 Å². The minimum absolute atomic E-state index is 0.0562. The summed E-state index contributed by atoms with van der Waals surface area (Å²) in [7, 11) is 0. The second-order valence-corrected chi connectivity index (χ2v) is 6.42. The van der Waals surface area contributed by atoms with Gasteiger partial charge < -0.3 is 19.5 Å². The molecule has 4 rings (SSSR count). The Kier molecular flexibility index (Phi) is 4.14. The lowest BCUT2D eigenvalue weighted by atomic mass is 10.2. The molecule has 2 aromatic rings. The van der Waals surface area contributed by atoms with Crippen LogP contribution in [0.25, 0.3) is 0 Å². The first-order valence-electron chi connectivity index (χ1n) is 8.30. The van der Waals surface area contributed by atoms with Crippen molar-refractivity contribution in [3.05, 3.63) is 41.9 Å². The molecule has 4 heterocycles. The molecule has 0 unspecified atom stereocenters. The van der Waals surface area contributed by atoms with Crippen LogP contribution in [0.2, 0.25) is 0 Å². The van der Waals surface area contributed by atoms with Crippen LogP contribution in [-0.4, -0.2) is 64.4 Å². The molecule has 0 bridgehead atoms. The van der Waals surface area contributed by atoms with E-state index in [1.807, 2.05) is 28.8 Å². The minimum Gasteiger partial charge on any atom is -0.478 e. The number of fused-ring (bicyclic) bond motifs is 1. The first-order chi connectivity index (χ1) is 12.1. The molecule has 1 N–H and O–H groups in total. The predicted octanol–water partition coefficient (Wildman–Crippen LogP) is 1.13. The molecular weight excluding hydrogens is 324 g/mol. The summed E-state index contributed by atoms with van der Waals surface area (Å²) in [6, 6.07) is 5.25. The van der Waals surface area contributed by atoms with Crippen molar-refractivity contribution in [1.82, 2.24) is 14.8 Å². The zero-order valence-corrected chi connectivity index (χ0v) is 13.9. The monoisotopic (exact) mass is 344 g/mol. The Morgan fingerprint density at radius 3 is 2.56 bits per heavy atom. The molecule has 0 amide bonds. The molecule has 0 aromatic carbocycles. The Balaban J connectivity index is 1.50. The molecule has 2 saturated heterocycles. The maximum Gasteiger partial charge on any atom is 0.339 e. The highest BCUT2D eigenvalue weighted by Crippen LogP contribution is 2.28. The van der Waals surface area contributed by atoms with Crippen LogP contribution in [0, 0.1) is 6.92 Å². The summed E-state index contributed by atoms with van der Waals surface area (Å²) < 4.78 is 13.9. The number of anilines is 1. The predicted molar refractivity (Wildman–Crippen MR) is 88.9 cm³/mol. The van der Waals surface area contributed by atoms with E-state index >= 15 is 0 Å². The van der Waals surface area contributed by atoms with Gasteiger partial charge in [0.1, 0.15) is 23.6 Å². The Morgan fingerprint density at radius 2 is 1.96 bits per heavy atom. The highest BCUT2D eigenvalue weighted by atomic mass is 16.6. The molecule has 2 aliphatic rings. The fourth-order valence-electron chi connectivity index (χ4n) is 3.35. The van der Waals surface area contributed by atoms with Gasteiger partial charge in [0.05, 0.1) is 19.3 Å². The van der Waals surface area contributed by atoms with E-state index in [9.17, 15) is 9.90 Å². The molecule has 132 valence electrons. The van der Waals surface area contributed by atoms with Gasteiger partial charge >= 0.3 is 5.97 Å². The summed E-state index contributed by atoms with van der Waals surface area (Å²) in [4.78, 5) is 17.9. The molecular formula is C17H20N4O4. The van der Waals surface area contributed by atoms with Gasteiger partial charge in [-0.15, -0.1) is 0 Å². The van der Waals surface area contributed by atoms with E-state index in [2.05, 4.69) is 10.1 Å². The SMILES string of the molecule is Cc1ccc(C(=O)O)c(N2C[C@@H]3OCC(n4cccn4)CO[C@H]3C2)n1. The van der Waals surface area contributed by atoms with Crippen molar-refractivity contribution in [3.63, 3.8) is 0 Å². The van der Waals surface area contributed by atoms with Gasteiger partial charge in [0.15, 0.2) is 0 Å². The second kappa shape index (κ2) is 6.45. The van der Waals surface area contributed by atoms with Gasteiger partial charge in [0.2, 0.25) is 0 Å². The van der Waals surface area contributed by atoms with E-state index in [1.165, 1.54) is 0 Å². The van der Waals surface area contributed by atoms with E-state index in [0.717, 1.165) is 5.69 Å². The number of nitrogens with zero attached hydrogens (tertiary/aromatic N) is 4. The summed E-state index contributed by atoms with van der Waals surface area (Å²) >= 11 is 0. The van der Waals surface area contributed by atoms with Crippen LogP contribution in [0.1, 0.15) is 22.1 Å². The minimum atomic E-state index is -0.977. The van der Waals surface area contributed by atoms with Crippen molar-refractivity contribution in [2.75, 3.05) is 31.2 Å². The quantitative estimate of drug-likeness (QED) is 0.892. The number of aromatic carboxylic acids is 1. The first kappa shape index (κ1) is 16.0. The van der Waals surface area contributed by atoms with Crippen molar-refractivity contribution in [1.29, 1.82) is 0 Å². The third-order valence-corrected chi connectivity index (χ3v) is 4.66. The number of hydrogen-bond acceptors (Lipinski definition) is 6. The van der Waals surface area contributed by atoms with Crippen LogP contribution in [0.3, 0.4) is 0 Å². The van der Waals surface area contributed by atoms with Gasteiger partial charge in [-0.05, 0) is 25.1 Å². The topological polar surface area (TPSA) is 89.7 Å². The first-order valence-corrected chi connectivity index (χ1v) is 8.30. The third-order valence-electron chi connectivity index (χ3n) is 4.66. The van der Waals surface area contributed by atoms with Crippen molar-refractivity contribution in [3.8, 4) is 0 Å². The van der Waals surface area contributed by atoms with Gasteiger partial charge in [-0.3, -0.25) is 4.68 Å². The summed E-state index contributed by atoms with van der Waals surface area (Å²) in [5, 5.41) is 13.7. The van der Waals surface area contributed by atoms with Crippen molar-refractivity contribution in [2.45, 2.75) is 25.2 Å². The molecule has 2 atom stereocenters. The summed E-state index contributed by atoms with van der Waals surface area (Å²) in [6.45, 7) is 4.01. The number of hydrogen-bond donors (Lipinski definition) is 1. The van der Waals surface area contributed by atoms with Crippen LogP contribution in [0.4, 0.5) is 5.82 Å². The van der Waals surface area contributed by atoms with Crippen LogP contribution < -0.4 is 4.90 Å². The van der Waals surface area contributed by atoms with Gasteiger partial charge in [-0.1, -0.05) is 0 Å². The number of carboxylic acids is 1. The molecule has 0 radical (unpaired) electrons. The molecule has 0 spiro atoms. The average molecular weight is 344 g/mol. The van der Waals surface area contributed by atoms with Crippen LogP contribution in [-0.2, 0) is 9.47 Å². The fourth-order valence-corrected chi connectivity index (χ4v) is 3.35. The van der Waals surface area contributed by atoms with Gasteiger partial charge in [-0.2, -0.15) is 5.10 Å². The number of ether oxygens (including phenoxy) is 2. The lowest BCUT2D eigenvalue weighted by Gasteiger charge is -2.21. The van der Waals surface area contributed by atoms with E-state index in [4.69, 9.17) is 9.47 Å². The normalized spacial score (nSPS) is 24.1. The summed E-state index contributed by atoms with van der Waals surface area (Å²) in [5.41, 5.74) is 0.990. The molecule has 2 fully saturated rings. The van der Waals surface area contributed by atoms with Gasteiger partial charge in [-0.25, -0.2) is 9.78 Å². The highest BCUT2D eigenvalue weighted by molar-refractivity contribution is 5.93. The molecule has 0 saturated carbocycles. The Labute approximate surface area is 145 Å². The van der Waals surface area contributed by atoms with E-state index in [-0.39, 0.29) is 23.8 Å². The number of carbonyl (C=O) groups is 1.